The van der Waals surface area contributed by atoms with Gasteiger partial charge in [0.2, 0.25) is 0 Å². The minimum absolute atomic E-state index is 0.120. The summed E-state index contributed by atoms with van der Waals surface area (Å²) in [7, 11) is 0. The van der Waals surface area contributed by atoms with E-state index < -0.39 is 4.92 Å². The third-order valence-electron chi connectivity index (χ3n) is 3.09. The van der Waals surface area contributed by atoms with Crippen molar-refractivity contribution in [2.75, 3.05) is 5.32 Å². The predicted molar refractivity (Wildman–Crippen MR) is 68.0 cm³/mol. The van der Waals surface area contributed by atoms with Gasteiger partial charge in [-0.3, -0.25) is 0 Å². The molecule has 1 aromatic heterocycles. The largest absolute Gasteiger partial charge is 0.379 e. The predicted octanol–water partition coefficient (Wildman–Crippen LogP) is 3.23. The molecular weight excluding hydrogens is 218 g/mol. The third kappa shape index (κ3) is 3.69. The monoisotopic (exact) mass is 237 g/mol. The maximum Gasteiger partial charge on any atom is 0.363 e. The number of nitrogens with zero attached hydrogens (tertiary/aromatic N) is 2. The Bertz CT molecular complexity index is 361. The van der Waals surface area contributed by atoms with E-state index in [4.69, 9.17) is 0 Å². The maximum absolute atomic E-state index is 10.5. The highest BCUT2D eigenvalue weighted by molar-refractivity contribution is 5.44. The van der Waals surface area contributed by atoms with Crippen molar-refractivity contribution in [1.82, 2.24) is 4.98 Å². The highest BCUT2D eigenvalue weighted by Gasteiger charge is 2.14. The van der Waals surface area contributed by atoms with Gasteiger partial charge in [-0.15, -0.1) is 0 Å². The summed E-state index contributed by atoms with van der Waals surface area (Å²) in [6.45, 7) is 6.46. The summed E-state index contributed by atoms with van der Waals surface area (Å²) in [6, 6.07) is 3.46. The van der Waals surface area contributed by atoms with Crippen LogP contribution in [-0.4, -0.2) is 15.9 Å². The van der Waals surface area contributed by atoms with Crippen LogP contribution in [0.3, 0.4) is 0 Å². The topological polar surface area (TPSA) is 68.1 Å². The fourth-order valence-electron chi connectivity index (χ4n) is 1.96. The molecule has 0 aliphatic carbocycles. The van der Waals surface area contributed by atoms with Crippen LogP contribution in [0.2, 0.25) is 0 Å². The SMILES string of the molecule is CCC(CC)C(C)Nc1ccc([N+](=O)[O-])nc1. The Morgan fingerprint density at radius 3 is 2.47 bits per heavy atom. The van der Waals surface area contributed by atoms with E-state index in [9.17, 15) is 10.1 Å². The number of nitrogens with one attached hydrogen (secondary N) is 1. The lowest BCUT2D eigenvalue weighted by molar-refractivity contribution is -0.389. The number of aromatic nitrogens is 1. The molecule has 0 radical (unpaired) electrons. The van der Waals surface area contributed by atoms with Crippen molar-refractivity contribution in [3.05, 3.63) is 28.4 Å². The summed E-state index contributed by atoms with van der Waals surface area (Å²) in [6.07, 6.45) is 3.74. The van der Waals surface area contributed by atoms with Crippen LogP contribution in [0.1, 0.15) is 33.6 Å². The summed E-state index contributed by atoms with van der Waals surface area (Å²) < 4.78 is 0. The zero-order valence-corrected chi connectivity index (χ0v) is 10.5. The Balaban J connectivity index is 2.65. The van der Waals surface area contributed by atoms with Gasteiger partial charge in [0.25, 0.3) is 0 Å². The second kappa shape index (κ2) is 6.18. The second-order valence-corrected chi connectivity index (χ2v) is 4.17. The zero-order valence-electron chi connectivity index (χ0n) is 10.5. The molecule has 0 fully saturated rings. The van der Waals surface area contributed by atoms with Crippen LogP contribution in [0.4, 0.5) is 11.5 Å². The van der Waals surface area contributed by atoms with Crippen molar-refractivity contribution >= 4 is 11.5 Å². The number of anilines is 1. The number of hydrogen-bond acceptors (Lipinski definition) is 4. The van der Waals surface area contributed by atoms with E-state index in [0.29, 0.717) is 12.0 Å². The van der Waals surface area contributed by atoms with E-state index in [1.165, 1.54) is 12.3 Å². The summed E-state index contributed by atoms with van der Waals surface area (Å²) in [5.74, 6) is 0.482. The summed E-state index contributed by atoms with van der Waals surface area (Å²) >= 11 is 0. The van der Waals surface area contributed by atoms with Crippen LogP contribution >= 0.6 is 0 Å². The highest BCUT2D eigenvalue weighted by Crippen LogP contribution is 2.18. The standard InChI is InChI=1S/C12H19N3O2/c1-4-10(5-2)9(3)14-11-6-7-12(13-8-11)15(16)17/h6-10,14H,4-5H2,1-3H3. The molecule has 17 heavy (non-hydrogen) atoms. The van der Waals surface area contributed by atoms with Crippen molar-refractivity contribution in [2.24, 2.45) is 5.92 Å². The van der Waals surface area contributed by atoms with Gasteiger partial charge < -0.3 is 15.4 Å². The Hall–Kier alpha value is -1.65. The molecule has 1 unspecified atom stereocenters. The quantitative estimate of drug-likeness (QED) is 0.609. The molecule has 1 heterocycles. The van der Waals surface area contributed by atoms with Crippen molar-refractivity contribution < 1.29 is 4.92 Å². The molecule has 1 aromatic rings. The molecule has 1 N–H and O–H groups in total. The van der Waals surface area contributed by atoms with E-state index in [-0.39, 0.29) is 5.82 Å². The van der Waals surface area contributed by atoms with Gasteiger partial charge in [0, 0.05) is 12.1 Å². The lowest BCUT2D eigenvalue weighted by atomic mass is 9.95. The van der Waals surface area contributed by atoms with E-state index in [0.717, 1.165) is 18.5 Å². The lowest BCUT2D eigenvalue weighted by Gasteiger charge is -2.22. The highest BCUT2D eigenvalue weighted by atomic mass is 16.6. The van der Waals surface area contributed by atoms with E-state index in [1.54, 1.807) is 6.07 Å². The van der Waals surface area contributed by atoms with Crippen LogP contribution in [0.5, 0.6) is 0 Å². The molecule has 0 aromatic carbocycles. The van der Waals surface area contributed by atoms with Gasteiger partial charge in [0.1, 0.15) is 0 Å². The van der Waals surface area contributed by atoms with Gasteiger partial charge in [-0.1, -0.05) is 26.7 Å². The first kappa shape index (κ1) is 13.4. The molecule has 1 atom stereocenters. The number of pyridine rings is 1. The van der Waals surface area contributed by atoms with Crippen LogP contribution in [-0.2, 0) is 0 Å². The number of hydrogen-bond donors (Lipinski definition) is 1. The van der Waals surface area contributed by atoms with E-state index in [2.05, 4.69) is 31.1 Å². The Morgan fingerprint density at radius 2 is 2.06 bits per heavy atom. The van der Waals surface area contributed by atoms with Gasteiger partial charge in [-0.05, 0) is 28.8 Å². The van der Waals surface area contributed by atoms with E-state index >= 15 is 0 Å². The molecule has 0 aliphatic heterocycles. The first-order valence-corrected chi connectivity index (χ1v) is 5.95. The normalized spacial score (nSPS) is 12.5. The van der Waals surface area contributed by atoms with Crippen molar-refractivity contribution in [2.45, 2.75) is 39.7 Å². The van der Waals surface area contributed by atoms with Gasteiger partial charge in [0.15, 0.2) is 6.20 Å². The maximum atomic E-state index is 10.5. The van der Waals surface area contributed by atoms with Crippen molar-refractivity contribution in [3.8, 4) is 0 Å². The van der Waals surface area contributed by atoms with Crippen LogP contribution < -0.4 is 5.32 Å². The molecule has 1 rings (SSSR count). The second-order valence-electron chi connectivity index (χ2n) is 4.17. The minimum atomic E-state index is -0.492. The minimum Gasteiger partial charge on any atom is -0.379 e. The summed E-state index contributed by atoms with van der Waals surface area (Å²) in [5, 5.41) is 13.8. The third-order valence-corrected chi connectivity index (χ3v) is 3.09. The molecule has 0 spiro atoms. The van der Waals surface area contributed by atoms with Gasteiger partial charge in [-0.25, -0.2) is 0 Å². The smallest absolute Gasteiger partial charge is 0.363 e. The number of rotatable bonds is 6. The molecule has 94 valence electrons. The molecular formula is C12H19N3O2. The van der Waals surface area contributed by atoms with Crippen LogP contribution in [0.15, 0.2) is 18.3 Å². The Labute approximate surface area is 101 Å². The molecule has 0 aliphatic rings. The lowest BCUT2D eigenvalue weighted by Crippen LogP contribution is -2.25. The van der Waals surface area contributed by atoms with Crippen LogP contribution in [0.25, 0.3) is 0 Å². The van der Waals surface area contributed by atoms with Crippen molar-refractivity contribution in [1.29, 1.82) is 0 Å². The van der Waals surface area contributed by atoms with E-state index in [1.807, 2.05) is 0 Å². The summed E-state index contributed by atoms with van der Waals surface area (Å²) in [4.78, 5) is 13.7. The van der Waals surface area contributed by atoms with Crippen molar-refractivity contribution in [3.63, 3.8) is 0 Å². The molecule has 0 saturated heterocycles. The summed E-state index contributed by atoms with van der Waals surface area (Å²) in [5.41, 5.74) is 0.829. The Morgan fingerprint density at radius 1 is 1.41 bits per heavy atom. The first-order chi connectivity index (χ1) is 8.08. The first-order valence-electron chi connectivity index (χ1n) is 5.95. The van der Waals surface area contributed by atoms with Crippen LogP contribution in [0, 0.1) is 16.0 Å². The molecule has 0 saturated carbocycles. The average Bonchev–Trinajstić information content (AvgIpc) is 2.31. The number of nitro groups is 1. The fourth-order valence-corrected chi connectivity index (χ4v) is 1.96. The molecule has 5 heteroatoms. The molecule has 0 bridgehead atoms. The fraction of sp³-hybridized carbons (Fsp3) is 0.583. The van der Waals surface area contributed by atoms with Gasteiger partial charge in [-0.2, -0.15) is 0 Å². The van der Waals surface area contributed by atoms with Gasteiger partial charge in [0.05, 0.1) is 5.69 Å². The molecule has 0 amide bonds. The zero-order chi connectivity index (χ0) is 12.8. The average molecular weight is 237 g/mol. The molecule has 5 nitrogen and oxygen atoms in total. The Kier molecular flexibility index (Phi) is 4.87. The van der Waals surface area contributed by atoms with Gasteiger partial charge >= 0.3 is 5.82 Å².